The van der Waals surface area contributed by atoms with Crippen LogP contribution in [0.4, 0.5) is 0 Å². The van der Waals surface area contributed by atoms with Crippen molar-refractivity contribution in [3.8, 4) is 0 Å². The highest BCUT2D eigenvalue weighted by Gasteiger charge is 2.42. The van der Waals surface area contributed by atoms with Gasteiger partial charge in [0, 0.05) is 0 Å². The van der Waals surface area contributed by atoms with Crippen molar-refractivity contribution in [2.45, 2.75) is 52.1 Å². The van der Waals surface area contributed by atoms with Crippen molar-refractivity contribution in [1.29, 1.82) is 0 Å². The normalized spacial score (nSPS) is 27.2. The zero-order chi connectivity index (χ0) is 8.77. The average molecular weight is 168 g/mol. The summed E-state index contributed by atoms with van der Waals surface area (Å²) in [5.74, 6) is 1.58. The fraction of sp³-hybridized carbons (Fsp3) is 1.00. The number of hydrogen-bond donors (Lipinski definition) is 1. The average Bonchev–Trinajstić information content (AvgIpc) is 2.79. The molecule has 1 heteroatoms. The summed E-state index contributed by atoms with van der Waals surface area (Å²) in [6.45, 7) is 4.46. The zero-order valence-corrected chi connectivity index (χ0v) is 8.21. The molecule has 2 saturated carbocycles. The van der Waals surface area contributed by atoms with Gasteiger partial charge in [-0.15, -0.1) is 0 Å². The highest BCUT2D eigenvalue weighted by atomic mass is 16.3. The van der Waals surface area contributed by atoms with Crippen molar-refractivity contribution >= 4 is 0 Å². The predicted molar refractivity (Wildman–Crippen MR) is 49.9 cm³/mol. The van der Waals surface area contributed by atoms with Crippen LogP contribution in [0, 0.1) is 17.3 Å². The number of aliphatic hydroxyl groups excluding tert-OH is 1. The summed E-state index contributed by atoms with van der Waals surface area (Å²) in [6.07, 6.45) is 6.54. The highest BCUT2D eigenvalue weighted by molar-refractivity contribution is 4.93. The largest absolute Gasteiger partial charge is 0.392 e. The van der Waals surface area contributed by atoms with Gasteiger partial charge in [0.1, 0.15) is 0 Å². The SMILES string of the molecule is CC(C)(CC1CC1)C(O)C1CC1. The molecule has 1 nitrogen and oxygen atoms in total. The van der Waals surface area contributed by atoms with Crippen LogP contribution in [-0.4, -0.2) is 11.2 Å². The van der Waals surface area contributed by atoms with Gasteiger partial charge in [0.2, 0.25) is 0 Å². The van der Waals surface area contributed by atoms with Crippen molar-refractivity contribution in [3.05, 3.63) is 0 Å². The summed E-state index contributed by atoms with van der Waals surface area (Å²) in [5.41, 5.74) is 0.183. The van der Waals surface area contributed by atoms with Crippen LogP contribution in [0.2, 0.25) is 0 Å². The zero-order valence-electron chi connectivity index (χ0n) is 8.21. The summed E-state index contributed by atoms with van der Waals surface area (Å²) in [6, 6.07) is 0. The molecule has 0 spiro atoms. The molecule has 0 amide bonds. The van der Waals surface area contributed by atoms with E-state index in [1.54, 1.807) is 0 Å². The van der Waals surface area contributed by atoms with Crippen LogP contribution in [0.1, 0.15) is 46.0 Å². The fourth-order valence-electron chi connectivity index (χ4n) is 2.24. The van der Waals surface area contributed by atoms with Gasteiger partial charge in [-0.2, -0.15) is 0 Å². The number of hydrogen-bond acceptors (Lipinski definition) is 1. The fourth-order valence-corrected chi connectivity index (χ4v) is 2.24. The van der Waals surface area contributed by atoms with Gasteiger partial charge in [-0.25, -0.2) is 0 Å². The maximum absolute atomic E-state index is 9.99. The first-order valence-electron chi connectivity index (χ1n) is 5.28. The van der Waals surface area contributed by atoms with Crippen molar-refractivity contribution in [2.75, 3.05) is 0 Å². The van der Waals surface area contributed by atoms with Gasteiger partial charge in [-0.05, 0) is 36.5 Å². The summed E-state index contributed by atoms with van der Waals surface area (Å²) in [4.78, 5) is 0. The van der Waals surface area contributed by atoms with Crippen LogP contribution in [0.25, 0.3) is 0 Å². The van der Waals surface area contributed by atoms with Gasteiger partial charge < -0.3 is 5.11 Å². The number of rotatable bonds is 4. The van der Waals surface area contributed by atoms with Crippen LogP contribution in [-0.2, 0) is 0 Å². The Morgan fingerprint density at radius 1 is 1.25 bits per heavy atom. The van der Waals surface area contributed by atoms with E-state index in [0.29, 0.717) is 5.92 Å². The van der Waals surface area contributed by atoms with Crippen LogP contribution < -0.4 is 0 Å². The molecule has 2 aliphatic rings. The molecule has 0 aromatic heterocycles. The quantitative estimate of drug-likeness (QED) is 0.684. The minimum atomic E-state index is -0.0295. The monoisotopic (exact) mass is 168 g/mol. The third kappa shape index (κ3) is 1.82. The Labute approximate surface area is 75.2 Å². The van der Waals surface area contributed by atoms with Crippen molar-refractivity contribution in [2.24, 2.45) is 17.3 Å². The Kier molecular flexibility index (Phi) is 1.95. The molecule has 0 bridgehead atoms. The van der Waals surface area contributed by atoms with Gasteiger partial charge in [0.15, 0.2) is 0 Å². The van der Waals surface area contributed by atoms with Gasteiger partial charge in [-0.3, -0.25) is 0 Å². The highest BCUT2D eigenvalue weighted by Crippen LogP contribution is 2.47. The summed E-state index contributed by atoms with van der Waals surface area (Å²) >= 11 is 0. The molecular weight excluding hydrogens is 148 g/mol. The molecule has 1 N–H and O–H groups in total. The molecule has 0 aliphatic heterocycles. The Hall–Kier alpha value is -0.0400. The van der Waals surface area contributed by atoms with Crippen molar-refractivity contribution in [3.63, 3.8) is 0 Å². The Morgan fingerprint density at radius 3 is 2.25 bits per heavy atom. The predicted octanol–water partition coefficient (Wildman–Crippen LogP) is 2.58. The molecule has 1 atom stereocenters. The second-order valence-electron chi connectivity index (χ2n) is 5.42. The standard InChI is InChI=1S/C11H20O/c1-11(2,7-8-3-4-8)10(12)9-5-6-9/h8-10,12H,3-7H2,1-2H3. The number of aliphatic hydroxyl groups is 1. The third-order valence-corrected chi connectivity index (χ3v) is 3.38. The molecule has 0 heterocycles. The smallest absolute Gasteiger partial charge is 0.0619 e. The van der Waals surface area contributed by atoms with E-state index in [1.807, 2.05) is 0 Å². The van der Waals surface area contributed by atoms with Crippen LogP contribution in [0.15, 0.2) is 0 Å². The minimum Gasteiger partial charge on any atom is -0.392 e. The van der Waals surface area contributed by atoms with E-state index in [9.17, 15) is 5.11 Å². The lowest BCUT2D eigenvalue weighted by molar-refractivity contribution is 0.0226. The summed E-state index contributed by atoms with van der Waals surface area (Å²) in [7, 11) is 0. The van der Waals surface area contributed by atoms with Crippen LogP contribution >= 0.6 is 0 Å². The first kappa shape index (κ1) is 8.55. The van der Waals surface area contributed by atoms with E-state index in [0.717, 1.165) is 5.92 Å². The maximum Gasteiger partial charge on any atom is 0.0619 e. The topological polar surface area (TPSA) is 20.2 Å². The second kappa shape index (κ2) is 2.73. The molecular formula is C11H20O. The van der Waals surface area contributed by atoms with Gasteiger partial charge in [0.25, 0.3) is 0 Å². The Morgan fingerprint density at radius 2 is 1.83 bits per heavy atom. The third-order valence-electron chi connectivity index (χ3n) is 3.38. The van der Waals surface area contributed by atoms with E-state index >= 15 is 0 Å². The molecule has 70 valence electrons. The Bertz CT molecular complexity index is 166. The van der Waals surface area contributed by atoms with Crippen LogP contribution in [0.3, 0.4) is 0 Å². The Balaban J connectivity index is 1.87. The molecule has 2 rings (SSSR count). The molecule has 2 fully saturated rings. The first-order valence-corrected chi connectivity index (χ1v) is 5.28. The van der Waals surface area contributed by atoms with Gasteiger partial charge in [0.05, 0.1) is 6.10 Å². The molecule has 0 aromatic carbocycles. The lowest BCUT2D eigenvalue weighted by Gasteiger charge is -2.30. The molecule has 1 unspecified atom stereocenters. The molecule has 2 aliphatic carbocycles. The maximum atomic E-state index is 9.99. The van der Waals surface area contributed by atoms with Crippen molar-refractivity contribution < 1.29 is 5.11 Å². The van der Waals surface area contributed by atoms with Gasteiger partial charge in [-0.1, -0.05) is 26.7 Å². The lowest BCUT2D eigenvalue weighted by atomic mass is 9.79. The van der Waals surface area contributed by atoms with E-state index < -0.39 is 0 Å². The molecule has 0 aromatic rings. The summed E-state index contributed by atoms with van der Waals surface area (Å²) < 4.78 is 0. The molecule has 12 heavy (non-hydrogen) atoms. The molecule has 0 radical (unpaired) electrons. The van der Waals surface area contributed by atoms with E-state index in [-0.39, 0.29) is 11.5 Å². The summed E-state index contributed by atoms with van der Waals surface area (Å²) in [5, 5.41) is 9.99. The van der Waals surface area contributed by atoms with E-state index in [1.165, 1.54) is 32.1 Å². The van der Waals surface area contributed by atoms with Crippen LogP contribution in [0.5, 0.6) is 0 Å². The van der Waals surface area contributed by atoms with Gasteiger partial charge >= 0.3 is 0 Å². The second-order valence-corrected chi connectivity index (χ2v) is 5.42. The lowest BCUT2D eigenvalue weighted by Crippen LogP contribution is -2.31. The van der Waals surface area contributed by atoms with E-state index in [2.05, 4.69) is 13.8 Å². The minimum absolute atomic E-state index is 0.0295. The van der Waals surface area contributed by atoms with E-state index in [4.69, 9.17) is 0 Å². The first-order chi connectivity index (χ1) is 5.59. The molecule has 0 saturated heterocycles. The van der Waals surface area contributed by atoms with Crippen molar-refractivity contribution in [1.82, 2.24) is 0 Å².